The average molecular weight is 382 g/mol. The van der Waals surface area contributed by atoms with Gasteiger partial charge in [-0.05, 0) is 4.53 Å². The summed E-state index contributed by atoms with van der Waals surface area (Å²) in [4.78, 5) is 1.17. The van der Waals surface area contributed by atoms with Crippen LogP contribution in [0.25, 0.3) is 0 Å². The predicted octanol–water partition coefficient (Wildman–Crippen LogP) is 2.80. The van der Waals surface area contributed by atoms with Crippen molar-refractivity contribution in [3.05, 3.63) is 0 Å². The summed E-state index contributed by atoms with van der Waals surface area (Å²) in [6.45, 7) is 0. The van der Waals surface area contributed by atoms with Gasteiger partial charge in [-0.3, -0.25) is 4.55 Å². The van der Waals surface area contributed by atoms with E-state index in [2.05, 4.69) is 0 Å². The first-order valence-corrected chi connectivity index (χ1v) is 5.57. The first-order chi connectivity index (χ1) is 9.27. The van der Waals surface area contributed by atoms with Gasteiger partial charge in [0, 0.05) is 0 Å². The Morgan fingerprint density at radius 1 is 0.727 bits per heavy atom. The summed E-state index contributed by atoms with van der Waals surface area (Å²) in [5.74, 6) is -7.47. The van der Waals surface area contributed by atoms with Crippen LogP contribution < -0.4 is 0 Å². The second-order valence-corrected chi connectivity index (χ2v) is 4.76. The van der Waals surface area contributed by atoms with Gasteiger partial charge in [0.05, 0.1) is 0 Å². The first-order valence-electron chi connectivity index (χ1n) is 4.13. The molecular formula is C5HF11O5S. The smallest absolute Gasteiger partial charge is 0.281 e. The summed E-state index contributed by atoms with van der Waals surface area (Å²) in [5, 5.41) is -7.13. The first kappa shape index (κ1) is 21.1. The van der Waals surface area contributed by atoms with Gasteiger partial charge in [-0.15, -0.1) is 4.94 Å². The van der Waals surface area contributed by atoms with Crippen LogP contribution in [0.2, 0.25) is 0 Å². The largest absolute Gasteiger partial charge is 0.478 e. The van der Waals surface area contributed by atoms with Crippen molar-refractivity contribution >= 4 is 10.1 Å². The van der Waals surface area contributed by atoms with Crippen molar-refractivity contribution in [1.82, 2.24) is 0 Å². The van der Waals surface area contributed by atoms with Crippen LogP contribution >= 0.6 is 0 Å². The number of rotatable bonds is 7. The van der Waals surface area contributed by atoms with Crippen LogP contribution in [0.4, 0.5) is 48.4 Å². The van der Waals surface area contributed by atoms with E-state index in [0.29, 0.717) is 0 Å². The summed E-state index contributed by atoms with van der Waals surface area (Å²) in [7, 11) is -7.32. The zero-order valence-corrected chi connectivity index (χ0v) is 9.96. The highest BCUT2D eigenvalue weighted by molar-refractivity contribution is 7.87. The normalized spacial score (nSPS) is 16.0. The second-order valence-electron chi connectivity index (χ2n) is 3.30. The van der Waals surface area contributed by atoms with Crippen LogP contribution in [-0.4, -0.2) is 42.5 Å². The molecule has 0 radical (unpaired) electrons. The molecule has 0 atom stereocenters. The molecule has 0 aliphatic heterocycles. The van der Waals surface area contributed by atoms with Crippen LogP contribution in [-0.2, 0) is 19.8 Å². The minimum Gasteiger partial charge on any atom is -0.281 e. The van der Waals surface area contributed by atoms with Crippen molar-refractivity contribution in [3.63, 3.8) is 0 Å². The van der Waals surface area contributed by atoms with Crippen molar-refractivity contribution in [1.29, 1.82) is 0 Å². The molecule has 0 amide bonds. The topological polar surface area (TPSA) is 72.8 Å². The number of alkyl halides is 10. The Balaban J connectivity index is 5.86. The fourth-order valence-corrected chi connectivity index (χ4v) is 1.10. The third-order valence-electron chi connectivity index (χ3n) is 1.75. The van der Waals surface area contributed by atoms with E-state index in [1.165, 1.54) is 9.68 Å². The Kier molecular flexibility index (Phi) is 5.08. The quantitative estimate of drug-likeness (QED) is 0.542. The number of ether oxygens (including phenoxy) is 1. The standard InChI is InChI=1S/C5HF11O5S/c6-1(7,5(14,15)22(17,18)19)2(8,9)20-3(10,11)4(12,13)21-16/h(H,17,18,19). The molecule has 22 heavy (non-hydrogen) atoms. The Morgan fingerprint density at radius 2 is 1.09 bits per heavy atom. The fourth-order valence-electron chi connectivity index (χ4n) is 0.661. The summed E-state index contributed by atoms with van der Waals surface area (Å²) >= 11 is 0. The number of hydrogen-bond donors (Lipinski definition) is 1. The van der Waals surface area contributed by atoms with Crippen LogP contribution in [0, 0.1) is 0 Å². The molecule has 0 fully saturated rings. The molecule has 0 aromatic carbocycles. The predicted molar refractivity (Wildman–Crippen MR) is 39.6 cm³/mol. The summed E-state index contributed by atoms with van der Waals surface area (Å²) in [6, 6.07) is 0. The van der Waals surface area contributed by atoms with E-state index in [4.69, 9.17) is 4.55 Å². The van der Waals surface area contributed by atoms with Crippen molar-refractivity contribution in [3.8, 4) is 0 Å². The van der Waals surface area contributed by atoms with Gasteiger partial charge in [0.1, 0.15) is 0 Å². The van der Waals surface area contributed by atoms with E-state index in [1.54, 1.807) is 0 Å². The van der Waals surface area contributed by atoms with Crippen molar-refractivity contribution in [2.75, 3.05) is 0 Å². The van der Waals surface area contributed by atoms with Gasteiger partial charge in [-0.25, -0.2) is 4.74 Å². The lowest BCUT2D eigenvalue weighted by Gasteiger charge is -2.33. The maximum atomic E-state index is 12.6. The Bertz CT molecular complexity index is 513. The highest BCUT2D eigenvalue weighted by Gasteiger charge is 2.82. The van der Waals surface area contributed by atoms with Gasteiger partial charge in [-0.2, -0.15) is 52.3 Å². The average Bonchev–Trinajstić information content (AvgIpc) is 2.25. The van der Waals surface area contributed by atoms with E-state index in [1.807, 2.05) is 0 Å². The molecule has 0 aliphatic carbocycles. The highest BCUT2D eigenvalue weighted by atomic mass is 32.2. The van der Waals surface area contributed by atoms with Crippen LogP contribution in [0.3, 0.4) is 0 Å². The lowest BCUT2D eigenvalue weighted by molar-refractivity contribution is -0.534. The van der Waals surface area contributed by atoms with Gasteiger partial charge in [-0.1, -0.05) is 0 Å². The van der Waals surface area contributed by atoms with Crippen molar-refractivity contribution in [2.45, 2.75) is 29.5 Å². The molecule has 5 nitrogen and oxygen atoms in total. The van der Waals surface area contributed by atoms with Gasteiger partial charge in [0.2, 0.25) is 0 Å². The lowest BCUT2D eigenvalue weighted by Crippen LogP contribution is -2.62. The SMILES string of the molecule is O=S(=O)(O)C(F)(F)C(F)(F)C(F)(F)OC(F)(F)C(F)(F)OF. The molecule has 0 bridgehead atoms. The van der Waals surface area contributed by atoms with Crippen LogP contribution in [0.15, 0.2) is 0 Å². The second kappa shape index (κ2) is 5.31. The third-order valence-corrected chi connectivity index (χ3v) is 2.65. The van der Waals surface area contributed by atoms with Crippen molar-refractivity contribution in [2.24, 2.45) is 0 Å². The minimum absolute atomic E-state index is 1.17. The van der Waals surface area contributed by atoms with Gasteiger partial charge in [0.25, 0.3) is 0 Å². The molecule has 0 saturated carbocycles. The molecule has 0 heterocycles. The Labute approximate surface area is 112 Å². The maximum absolute atomic E-state index is 12.6. The summed E-state index contributed by atoms with van der Waals surface area (Å²) < 4.78 is 164. The molecule has 0 aromatic heterocycles. The lowest BCUT2D eigenvalue weighted by atomic mass is 10.3. The van der Waals surface area contributed by atoms with Gasteiger partial charge < -0.3 is 0 Å². The fraction of sp³-hybridized carbons (Fsp3) is 1.00. The summed E-state index contributed by atoms with van der Waals surface area (Å²) in [5.41, 5.74) is 0. The monoisotopic (exact) mass is 382 g/mol. The van der Waals surface area contributed by atoms with Gasteiger partial charge >= 0.3 is 39.6 Å². The zero-order chi connectivity index (χ0) is 18.4. The molecule has 0 aromatic rings. The third kappa shape index (κ3) is 3.20. The van der Waals surface area contributed by atoms with E-state index < -0.39 is 39.6 Å². The van der Waals surface area contributed by atoms with E-state index in [9.17, 15) is 56.8 Å². The highest BCUT2D eigenvalue weighted by Crippen LogP contribution is 2.52. The van der Waals surface area contributed by atoms with E-state index in [0.717, 1.165) is 0 Å². The van der Waals surface area contributed by atoms with Gasteiger partial charge in [0.15, 0.2) is 0 Å². The molecule has 0 rings (SSSR count). The molecule has 0 aliphatic rings. The van der Waals surface area contributed by atoms with E-state index in [-0.39, 0.29) is 0 Å². The molecule has 17 heteroatoms. The molecule has 1 N–H and O–H groups in total. The van der Waals surface area contributed by atoms with Crippen molar-refractivity contribution < 1.29 is 71.1 Å². The molecule has 134 valence electrons. The molecular weight excluding hydrogens is 381 g/mol. The summed E-state index contributed by atoms with van der Waals surface area (Å²) in [6.07, 6.45) is -20.9. The Morgan fingerprint density at radius 3 is 1.36 bits per heavy atom. The Hall–Kier alpha value is -0.940. The molecule has 0 spiro atoms. The van der Waals surface area contributed by atoms with Crippen LogP contribution in [0.5, 0.6) is 0 Å². The minimum atomic E-state index is -7.47. The molecule has 0 unspecified atom stereocenters. The zero-order valence-electron chi connectivity index (χ0n) is 9.15. The molecule has 0 saturated heterocycles. The number of halogens is 11. The van der Waals surface area contributed by atoms with Crippen LogP contribution in [0.1, 0.15) is 0 Å². The van der Waals surface area contributed by atoms with E-state index >= 15 is 0 Å². The number of hydrogen-bond acceptors (Lipinski definition) is 4. The maximum Gasteiger partial charge on any atom is 0.478 e.